The highest BCUT2D eigenvalue weighted by atomic mass is 35.5. The fourth-order valence-electron chi connectivity index (χ4n) is 2.92. The lowest BCUT2D eigenvalue weighted by Crippen LogP contribution is -2.36. The van der Waals surface area contributed by atoms with E-state index in [0.29, 0.717) is 30.8 Å². The van der Waals surface area contributed by atoms with Crippen molar-refractivity contribution in [1.82, 2.24) is 9.88 Å². The molecule has 5 nitrogen and oxygen atoms in total. The summed E-state index contributed by atoms with van der Waals surface area (Å²) in [5.74, 6) is -0.690. The third-order valence-corrected chi connectivity index (χ3v) is 7.35. The van der Waals surface area contributed by atoms with Gasteiger partial charge in [0.15, 0.2) is 5.13 Å². The summed E-state index contributed by atoms with van der Waals surface area (Å²) in [5.41, 5.74) is 1.81. The van der Waals surface area contributed by atoms with Gasteiger partial charge in [-0.05, 0) is 35.4 Å². The number of aromatic nitrogens is 1. The quantitative estimate of drug-likeness (QED) is 0.325. The predicted molar refractivity (Wildman–Crippen MR) is 136 cm³/mol. The molecule has 1 fully saturated rings. The average Bonchev–Trinajstić information content (AvgIpc) is 3.30. The van der Waals surface area contributed by atoms with Crippen molar-refractivity contribution in [2.75, 3.05) is 11.9 Å². The molecule has 1 saturated heterocycles. The maximum atomic E-state index is 12.8. The first-order chi connectivity index (χ1) is 15.4. The summed E-state index contributed by atoms with van der Waals surface area (Å²) in [6.45, 7) is -0.184. The number of hydrogen-bond donors (Lipinski definition) is 1. The van der Waals surface area contributed by atoms with Crippen LogP contribution in [0.2, 0.25) is 10.0 Å². The highest BCUT2D eigenvalue weighted by molar-refractivity contribution is 8.26. The fourth-order valence-corrected chi connectivity index (χ4v) is 5.35. The maximum absolute atomic E-state index is 12.8. The van der Waals surface area contributed by atoms with Gasteiger partial charge in [0.2, 0.25) is 5.91 Å². The summed E-state index contributed by atoms with van der Waals surface area (Å²) in [7, 11) is 0. The molecule has 2 amide bonds. The van der Waals surface area contributed by atoms with E-state index >= 15 is 0 Å². The molecular weight excluding hydrogens is 505 g/mol. The number of thioether (sulfide) groups is 1. The topological polar surface area (TPSA) is 62.3 Å². The molecule has 1 aliphatic rings. The number of rotatable bonds is 6. The van der Waals surface area contributed by atoms with Crippen molar-refractivity contribution in [2.24, 2.45) is 0 Å². The lowest BCUT2D eigenvalue weighted by Gasteiger charge is -2.13. The van der Waals surface area contributed by atoms with Gasteiger partial charge < -0.3 is 5.32 Å². The van der Waals surface area contributed by atoms with E-state index in [1.807, 2.05) is 42.5 Å². The summed E-state index contributed by atoms with van der Waals surface area (Å²) in [5, 5.41) is 4.43. The van der Waals surface area contributed by atoms with Crippen LogP contribution in [0.5, 0.6) is 0 Å². The van der Waals surface area contributed by atoms with Crippen LogP contribution >= 0.6 is 58.5 Å². The van der Waals surface area contributed by atoms with Crippen LogP contribution in [-0.2, 0) is 16.0 Å². The number of anilines is 1. The van der Waals surface area contributed by atoms with E-state index in [1.54, 1.807) is 18.3 Å². The molecule has 2 aromatic carbocycles. The maximum Gasteiger partial charge on any atom is 0.266 e. The Morgan fingerprint density at radius 3 is 2.66 bits per heavy atom. The molecule has 0 saturated carbocycles. The monoisotopic (exact) mass is 519 g/mol. The molecule has 0 bridgehead atoms. The Balaban J connectivity index is 1.37. The van der Waals surface area contributed by atoms with Crippen molar-refractivity contribution in [3.63, 3.8) is 0 Å². The van der Waals surface area contributed by atoms with Crippen LogP contribution in [0.3, 0.4) is 0 Å². The van der Waals surface area contributed by atoms with Gasteiger partial charge in [-0.1, -0.05) is 77.5 Å². The largest absolute Gasteiger partial charge is 0.300 e. The average molecular weight is 520 g/mol. The summed E-state index contributed by atoms with van der Waals surface area (Å²) >= 11 is 19.9. The number of hydrogen-bond acceptors (Lipinski definition) is 6. The predicted octanol–water partition coefficient (Wildman–Crippen LogP) is 5.88. The van der Waals surface area contributed by atoms with Crippen molar-refractivity contribution in [3.8, 4) is 0 Å². The van der Waals surface area contributed by atoms with Gasteiger partial charge in [0.25, 0.3) is 5.91 Å². The summed E-state index contributed by atoms with van der Waals surface area (Å²) in [4.78, 5) is 32.2. The van der Waals surface area contributed by atoms with E-state index < -0.39 is 0 Å². The number of benzene rings is 2. The molecule has 1 aliphatic heterocycles. The molecule has 0 atom stereocenters. The first-order valence-electron chi connectivity index (χ1n) is 9.38. The highest BCUT2D eigenvalue weighted by Gasteiger charge is 2.33. The Morgan fingerprint density at radius 2 is 1.91 bits per heavy atom. The van der Waals surface area contributed by atoms with Crippen LogP contribution in [0.25, 0.3) is 6.08 Å². The molecule has 10 heteroatoms. The number of amides is 2. The first kappa shape index (κ1) is 22.9. The molecule has 0 aliphatic carbocycles. The summed E-state index contributed by atoms with van der Waals surface area (Å²) < 4.78 is 0.325. The number of carbonyl (C=O) groups is 2. The Morgan fingerprint density at radius 1 is 1.16 bits per heavy atom. The minimum absolute atomic E-state index is 0.184. The molecule has 0 unspecified atom stereocenters. The first-order valence-corrected chi connectivity index (χ1v) is 12.2. The van der Waals surface area contributed by atoms with Crippen molar-refractivity contribution < 1.29 is 9.59 Å². The van der Waals surface area contributed by atoms with Crippen LogP contribution in [0.4, 0.5) is 5.13 Å². The number of nitrogens with one attached hydrogen (secondary N) is 1. The van der Waals surface area contributed by atoms with Gasteiger partial charge in [0, 0.05) is 27.5 Å². The van der Waals surface area contributed by atoms with E-state index in [0.717, 1.165) is 27.8 Å². The number of thiazole rings is 1. The van der Waals surface area contributed by atoms with E-state index in [-0.39, 0.29) is 18.4 Å². The van der Waals surface area contributed by atoms with Gasteiger partial charge in [-0.2, -0.15) is 0 Å². The van der Waals surface area contributed by atoms with E-state index in [9.17, 15) is 9.59 Å². The lowest BCUT2D eigenvalue weighted by molar-refractivity contribution is -0.126. The van der Waals surface area contributed by atoms with Gasteiger partial charge in [-0.25, -0.2) is 4.98 Å². The second kappa shape index (κ2) is 10.1. The Hall–Kier alpha value is -2.23. The SMILES string of the molecule is O=C(CN1C(=O)/C(=C/c2ccccc2Cl)SC1=S)Nc1ncc(Cc2ccc(Cl)cc2)s1. The van der Waals surface area contributed by atoms with Crippen LogP contribution in [-0.4, -0.2) is 32.6 Å². The second-order valence-electron chi connectivity index (χ2n) is 6.77. The molecule has 162 valence electrons. The minimum Gasteiger partial charge on any atom is -0.300 e. The number of nitrogens with zero attached hydrogens (tertiary/aromatic N) is 2. The Bertz CT molecular complexity index is 1230. The Labute approximate surface area is 208 Å². The smallest absolute Gasteiger partial charge is 0.266 e. The third kappa shape index (κ3) is 5.57. The van der Waals surface area contributed by atoms with Crippen molar-refractivity contribution >= 4 is 85.9 Å². The summed E-state index contributed by atoms with van der Waals surface area (Å²) in [6.07, 6.45) is 4.09. The van der Waals surface area contributed by atoms with E-state index in [2.05, 4.69) is 10.3 Å². The Kier molecular flexibility index (Phi) is 7.27. The zero-order valence-electron chi connectivity index (χ0n) is 16.4. The van der Waals surface area contributed by atoms with Crippen LogP contribution in [0, 0.1) is 0 Å². The van der Waals surface area contributed by atoms with Crippen molar-refractivity contribution in [1.29, 1.82) is 0 Å². The van der Waals surface area contributed by atoms with E-state index in [4.69, 9.17) is 35.4 Å². The zero-order chi connectivity index (χ0) is 22.7. The van der Waals surface area contributed by atoms with Crippen molar-refractivity contribution in [3.05, 3.63) is 85.7 Å². The second-order valence-corrected chi connectivity index (χ2v) is 10.4. The number of thiocarbonyl (C=S) groups is 1. The highest BCUT2D eigenvalue weighted by Crippen LogP contribution is 2.33. The fraction of sp³-hybridized carbons (Fsp3) is 0.0909. The normalized spacial score (nSPS) is 14.9. The van der Waals surface area contributed by atoms with E-state index in [1.165, 1.54) is 16.2 Å². The standard InChI is InChI=1S/C22H15Cl2N3O2S3/c23-15-7-5-13(6-8-15)9-16-11-25-21(31-16)26-19(28)12-27-20(29)18(32-22(27)30)10-14-3-1-2-4-17(14)24/h1-8,10-11H,9,12H2,(H,25,26,28)/b18-10-. The van der Waals surface area contributed by atoms with Crippen LogP contribution in [0.1, 0.15) is 16.0 Å². The van der Waals surface area contributed by atoms with Gasteiger partial charge in [0.05, 0.1) is 4.91 Å². The van der Waals surface area contributed by atoms with Gasteiger partial charge in [-0.15, -0.1) is 11.3 Å². The van der Waals surface area contributed by atoms with Gasteiger partial charge in [-0.3, -0.25) is 14.5 Å². The van der Waals surface area contributed by atoms with Crippen molar-refractivity contribution in [2.45, 2.75) is 6.42 Å². The molecule has 0 spiro atoms. The molecule has 4 rings (SSSR count). The molecule has 2 heterocycles. The molecule has 1 aromatic heterocycles. The number of carbonyl (C=O) groups excluding carboxylic acids is 2. The third-order valence-electron chi connectivity index (χ3n) is 4.46. The molecular formula is C22H15Cl2N3O2S3. The molecule has 3 aromatic rings. The summed E-state index contributed by atoms with van der Waals surface area (Å²) in [6, 6.07) is 14.8. The van der Waals surface area contributed by atoms with Gasteiger partial charge >= 0.3 is 0 Å². The minimum atomic E-state index is -0.368. The van der Waals surface area contributed by atoms with Gasteiger partial charge in [0.1, 0.15) is 10.9 Å². The number of halogens is 2. The molecule has 0 radical (unpaired) electrons. The molecule has 32 heavy (non-hydrogen) atoms. The zero-order valence-corrected chi connectivity index (χ0v) is 20.3. The lowest BCUT2D eigenvalue weighted by atomic mass is 10.1. The van der Waals surface area contributed by atoms with Crippen LogP contribution in [0.15, 0.2) is 59.6 Å². The molecule has 1 N–H and O–H groups in total. The van der Waals surface area contributed by atoms with Crippen LogP contribution < -0.4 is 5.32 Å².